The van der Waals surface area contributed by atoms with Crippen LogP contribution in [0.25, 0.3) is 11.1 Å². The van der Waals surface area contributed by atoms with Gasteiger partial charge in [-0.05, 0) is 66.7 Å². The number of ether oxygens (including phenoxy) is 2. The molecule has 3 saturated heterocycles. The van der Waals surface area contributed by atoms with Gasteiger partial charge in [0.1, 0.15) is 12.6 Å². The van der Waals surface area contributed by atoms with Crippen LogP contribution in [0.1, 0.15) is 106 Å². The topological polar surface area (TPSA) is 98.0 Å². The highest BCUT2D eigenvalue weighted by Crippen LogP contribution is 2.46. The first-order valence-electron chi connectivity index (χ1n) is 18.3. The fourth-order valence-corrected chi connectivity index (χ4v) is 9.18. The van der Waals surface area contributed by atoms with E-state index in [0.29, 0.717) is 70.1 Å². The second-order valence-corrected chi connectivity index (χ2v) is 15.5. The van der Waals surface area contributed by atoms with Gasteiger partial charge in [-0.15, -0.1) is 0 Å². The first-order chi connectivity index (χ1) is 24.1. The molecule has 4 fully saturated rings. The molecule has 2 amide bonds. The summed E-state index contributed by atoms with van der Waals surface area (Å²) in [5.74, 6) is -1.70. The summed E-state index contributed by atoms with van der Waals surface area (Å²) in [5, 5.41) is 4.39. The molecule has 9 nitrogen and oxygen atoms in total. The third kappa shape index (κ3) is 5.79. The number of carbonyl (C=O) groups is 2. The van der Waals surface area contributed by atoms with Crippen LogP contribution in [0, 0.1) is 5.92 Å². The number of hydrogen-bond acceptors (Lipinski definition) is 7. The van der Waals surface area contributed by atoms with Gasteiger partial charge in [0.05, 0.1) is 18.8 Å². The van der Waals surface area contributed by atoms with E-state index in [4.69, 9.17) is 19.0 Å². The van der Waals surface area contributed by atoms with Gasteiger partial charge in [-0.1, -0.05) is 67.5 Å². The van der Waals surface area contributed by atoms with Crippen molar-refractivity contribution >= 4 is 12.0 Å². The maximum absolute atomic E-state index is 14.3. The van der Waals surface area contributed by atoms with Crippen LogP contribution in [-0.2, 0) is 19.7 Å². The van der Waals surface area contributed by atoms with Crippen LogP contribution in [0.15, 0.2) is 53.1 Å². The highest BCUT2D eigenvalue weighted by molar-refractivity contribution is 5.86. The van der Waals surface area contributed by atoms with Gasteiger partial charge in [0.25, 0.3) is 0 Å². The molecular formula is C39H46F2N4O5. The number of amides is 2. The number of fused-ring (bicyclic) bond motifs is 3. The molecule has 2 aromatic carbocycles. The van der Waals surface area contributed by atoms with Crippen molar-refractivity contribution in [2.24, 2.45) is 5.92 Å². The summed E-state index contributed by atoms with van der Waals surface area (Å²) in [6, 6.07) is 15.9. The molecule has 2 aliphatic carbocycles. The second kappa shape index (κ2) is 12.7. The van der Waals surface area contributed by atoms with Gasteiger partial charge in [-0.25, -0.2) is 13.6 Å². The Morgan fingerprint density at radius 3 is 2.16 bits per heavy atom. The van der Waals surface area contributed by atoms with Crippen molar-refractivity contribution in [2.45, 2.75) is 106 Å². The van der Waals surface area contributed by atoms with Gasteiger partial charge < -0.3 is 18.9 Å². The average Bonchev–Trinajstić information content (AvgIpc) is 3.73. The molecule has 3 aromatic rings. The molecular weight excluding hydrogens is 642 g/mol. The normalized spacial score (nSPS) is 26.1. The Morgan fingerprint density at radius 2 is 1.56 bits per heavy atom. The van der Waals surface area contributed by atoms with E-state index in [-0.39, 0.29) is 43.1 Å². The minimum atomic E-state index is -2.62. The lowest BCUT2D eigenvalue weighted by Crippen LogP contribution is -2.64. The summed E-state index contributed by atoms with van der Waals surface area (Å²) in [5.41, 5.74) is 3.79. The van der Waals surface area contributed by atoms with Crippen LogP contribution >= 0.6 is 0 Å². The first-order valence-corrected chi connectivity index (χ1v) is 18.3. The third-order valence-corrected chi connectivity index (χ3v) is 12.6. The molecule has 11 heteroatoms. The summed E-state index contributed by atoms with van der Waals surface area (Å²) in [6.07, 6.45) is 3.24. The van der Waals surface area contributed by atoms with Crippen molar-refractivity contribution in [3.63, 3.8) is 0 Å². The summed E-state index contributed by atoms with van der Waals surface area (Å²) >= 11 is 0. The summed E-state index contributed by atoms with van der Waals surface area (Å²) in [7, 11) is 0. The van der Waals surface area contributed by atoms with Crippen LogP contribution in [0.5, 0.6) is 0 Å². The van der Waals surface area contributed by atoms with Crippen molar-refractivity contribution in [2.75, 3.05) is 32.8 Å². The lowest BCUT2D eigenvalue weighted by molar-refractivity contribution is -0.184. The van der Waals surface area contributed by atoms with Gasteiger partial charge in [-0.3, -0.25) is 9.69 Å². The molecule has 1 spiro atoms. The zero-order chi connectivity index (χ0) is 34.7. The summed E-state index contributed by atoms with van der Waals surface area (Å²) < 4.78 is 45.4. The van der Waals surface area contributed by atoms with Crippen LogP contribution in [0.3, 0.4) is 0 Å². The Bertz CT molecular complexity index is 1690. The van der Waals surface area contributed by atoms with E-state index in [0.717, 1.165) is 35.1 Å². The number of aromatic nitrogens is 2. The number of rotatable bonds is 6. The Balaban J connectivity index is 0.956. The molecule has 0 radical (unpaired) electrons. The quantitative estimate of drug-likeness (QED) is 0.265. The largest absolute Gasteiger partial charge is 0.448 e. The molecule has 50 heavy (non-hydrogen) atoms. The van der Waals surface area contributed by atoms with E-state index in [1.165, 1.54) is 0 Å². The number of likely N-dealkylation sites (tertiary alicyclic amines) is 2. The number of piperidine rings is 2. The maximum atomic E-state index is 14.3. The van der Waals surface area contributed by atoms with E-state index in [2.05, 4.69) is 43.3 Å². The molecule has 2 atom stereocenters. The Morgan fingerprint density at radius 1 is 0.920 bits per heavy atom. The molecule has 1 aromatic heterocycles. The van der Waals surface area contributed by atoms with Crippen molar-refractivity contribution in [1.29, 1.82) is 0 Å². The number of nitrogens with zero attached hydrogens (tertiary/aromatic N) is 4. The molecule has 5 aliphatic rings. The van der Waals surface area contributed by atoms with Gasteiger partial charge in [-0.2, -0.15) is 4.98 Å². The summed E-state index contributed by atoms with van der Waals surface area (Å²) in [4.78, 5) is 36.5. The number of hydrogen-bond donors (Lipinski definition) is 0. The van der Waals surface area contributed by atoms with Crippen molar-refractivity contribution in [3.05, 3.63) is 71.4 Å². The van der Waals surface area contributed by atoms with Crippen molar-refractivity contribution in [3.8, 4) is 11.1 Å². The average molecular weight is 689 g/mol. The fourth-order valence-electron chi connectivity index (χ4n) is 9.18. The minimum Gasteiger partial charge on any atom is -0.448 e. The lowest BCUT2D eigenvalue weighted by atomic mass is 9.69. The number of alkyl halides is 2. The van der Waals surface area contributed by atoms with Crippen LogP contribution in [0.2, 0.25) is 0 Å². The monoisotopic (exact) mass is 688 g/mol. The Hall–Kier alpha value is -3.86. The highest BCUT2D eigenvalue weighted by Gasteiger charge is 2.51. The van der Waals surface area contributed by atoms with Gasteiger partial charge in [0.2, 0.25) is 17.7 Å². The van der Waals surface area contributed by atoms with E-state index in [9.17, 15) is 18.4 Å². The van der Waals surface area contributed by atoms with Crippen LogP contribution in [-0.4, -0.2) is 82.4 Å². The number of carbonyl (C=O) groups excluding carboxylic acids is 2. The molecule has 0 bridgehead atoms. The lowest BCUT2D eigenvalue weighted by Gasteiger charge is -2.51. The van der Waals surface area contributed by atoms with Gasteiger partial charge in [0, 0.05) is 49.6 Å². The second-order valence-electron chi connectivity index (χ2n) is 15.5. The summed E-state index contributed by atoms with van der Waals surface area (Å²) in [6.45, 7) is 6.43. The first kappa shape index (κ1) is 33.3. The molecule has 1 saturated carbocycles. The van der Waals surface area contributed by atoms with Crippen LogP contribution < -0.4 is 0 Å². The molecule has 0 unspecified atom stereocenters. The Labute approximate surface area is 291 Å². The molecule has 3 aliphatic heterocycles. The predicted molar refractivity (Wildman–Crippen MR) is 181 cm³/mol. The highest BCUT2D eigenvalue weighted by atomic mass is 19.3. The fraction of sp³-hybridized carbons (Fsp3) is 0.590. The van der Waals surface area contributed by atoms with E-state index in [1.807, 2.05) is 29.2 Å². The Kier molecular flexibility index (Phi) is 8.47. The zero-order valence-corrected chi connectivity index (χ0v) is 28.9. The predicted octanol–water partition coefficient (Wildman–Crippen LogP) is 7.45. The van der Waals surface area contributed by atoms with E-state index < -0.39 is 29.1 Å². The molecule has 8 rings (SSSR count). The van der Waals surface area contributed by atoms with Crippen molar-refractivity contribution < 1.29 is 32.4 Å². The zero-order valence-electron chi connectivity index (χ0n) is 28.9. The number of benzene rings is 2. The van der Waals surface area contributed by atoms with E-state index >= 15 is 0 Å². The molecule has 4 heterocycles. The molecule has 266 valence electrons. The molecule has 0 N–H and O–H groups in total. The van der Waals surface area contributed by atoms with Crippen LogP contribution in [0.4, 0.5) is 13.6 Å². The SMILES string of the molecule is CC(C)C1(c2noc(C3CCC(F)(F)CC3)n2)CCN(C(=O)[C@@H]2CC[C@@]3(CCO3)CN2C(=O)OCC2c3ccccc3-c3ccccc32)CC1. The van der Waals surface area contributed by atoms with E-state index in [1.54, 1.807) is 4.90 Å². The third-order valence-electron chi connectivity index (χ3n) is 12.6. The standard InChI is InChI=1S/C39H46F2N4O5/c1-25(2)38(35-42-33(50-43-35)26-11-15-39(40,41)16-12-26)17-20-44(21-18-38)34(46)32-13-14-37(19-22-49-37)24-45(32)36(47)48-23-31-29-9-5-3-7-27(29)28-8-4-6-10-30(28)31/h3-10,25-26,31-32H,11-24H2,1-2H3/t32-,37+/m0/s1. The maximum Gasteiger partial charge on any atom is 0.410 e. The van der Waals surface area contributed by atoms with Gasteiger partial charge in [0.15, 0.2) is 5.82 Å². The smallest absolute Gasteiger partial charge is 0.410 e. The van der Waals surface area contributed by atoms with Gasteiger partial charge >= 0.3 is 6.09 Å². The minimum absolute atomic E-state index is 0.0676. The number of halogens is 2. The van der Waals surface area contributed by atoms with Crippen molar-refractivity contribution in [1.82, 2.24) is 19.9 Å².